The first kappa shape index (κ1) is 15.0. The highest BCUT2D eigenvalue weighted by molar-refractivity contribution is 5.27. The predicted molar refractivity (Wildman–Crippen MR) is 67.2 cm³/mol. The van der Waals surface area contributed by atoms with Gasteiger partial charge in [0.25, 0.3) is 0 Å². The van der Waals surface area contributed by atoms with E-state index in [9.17, 15) is 13.2 Å². The summed E-state index contributed by atoms with van der Waals surface area (Å²) >= 11 is 0. The van der Waals surface area contributed by atoms with Crippen LogP contribution in [0.15, 0.2) is 24.3 Å². The molecule has 0 fully saturated rings. The highest BCUT2D eigenvalue weighted by atomic mass is 19.4. The van der Waals surface area contributed by atoms with Crippen molar-refractivity contribution in [1.82, 2.24) is 15.0 Å². The minimum atomic E-state index is -4.35. The van der Waals surface area contributed by atoms with Crippen molar-refractivity contribution in [1.29, 1.82) is 0 Å². The van der Waals surface area contributed by atoms with Crippen molar-refractivity contribution in [2.24, 2.45) is 0 Å². The molecule has 0 saturated carbocycles. The lowest BCUT2D eigenvalue weighted by Crippen LogP contribution is -2.06. The highest BCUT2D eigenvalue weighted by Crippen LogP contribution is 2.29. The first-order chi connectivity index (χ1) is 9.92. The number of hydrogen-bond acceptors (Lipinski definition) is 5. The van der Waals surface area contributed by atoms with Crippen molar-refractivity contribution in [2.45, 2.75) is 12.6 Å². The normalized spacial score (nSPS) is 11.3. The van der Waals surface area contributed by atoms with Crippen LogP contribution in [0.2, 0.25) is 0 Å². The second-order valence-corrected chi connectivity index (χ2v) is 4.10. The maximum absolute atomic E-state index is 12.5. The lowest BCUT2D eigenvalue weighted by Gasteiger charge is -2.08. The van der Waals surface area contributed by atoms with Gasteiger partial charge in [0.05, 0.1) is 19.8 Å². The molecule has 0 aliphatic heterocycles. The number of nitrogens with zero attached hydrogens (tertiary/aromatic N) is 3. The van der Waals surface area contributed by atoms with Crippen LogP contribution in [0.1, 0.15) is 17.0 Å². The minimum absolute atomic E-state index is 0.0868. The number of benzene rings is 1. The fourth-order valence-electron chi connectivity index (χ4n) is 1.63. The molecule has 2 rings (SSSR count). The van der Waals surface area contributed by atoms with Gasteiger partial charge in [0.2, 0.25) is 0 Å². The molecule has 0 radical (unpaired) electrons. The van der Waals surface area contributed by atoms with Crippen LogP contribution in [0.4, 0.5) is 13.2 Å². The van der Waals surface area contributed by atoms with E-state index in [0.29, 0.717) is 11.4 Å². The van der Waals surface area contributed by atoms with Crippen molar-refractivity contribution in [2.75, 3.05) is 14.2 Å². The minimum Gasteiger partial charge on any atom is -0.467 e. The zero-order valence-electron chi connectivity index (χ0n) is 11.3. The summed E-state index contributed by atoms with van der Waals surface area (Å²) in [5.41, 5.74) is -0.0598. The van der Waals surface area contributed by atoms with Gasteiger partial charge in [0.15, 0.2) is 0 Å². The second kappa shape index (κ2) is 5.94. The molecule has 1 aromatic heterocycles. The summed E-state index contributed by atoms with van der Waals surface area (Å²) in [5, 5.41) is 0. The van der Waals surface area contributed by atoms with Gasteiger partial charge in [-0.3, -0.25) is 0 Å². The molecule has 1 aromatic carbocycles. The smallest absolute Gasteiger partial charge is 0.416 e. The maximum atomic E-state index is 12.5. The summed E-state index contributed by atoms with van der Waals surface area (Å²) in [6.45, 7) is 0. The Morgan fingerprint density at radius 3 is 1.86 bits per heavy atom. The molecule has 8 heteroatoms. The van der Waals surface area contributed by atoms with Crippen molar-refractivity contribution in [3.63, 3.8) is 0 Å². The number of alkyl halides is 3. The quantitative estimate of drug-likeness (QED) is 0.868. The fraction of sp³-hybridized carbons (Fsp3) is 0.308. The van der Waals surface area contributed by atoms with Crippen molar-refractivity contribution in [3.05, 3.63) is 41.2 Å². The Hall–Kier alpha value is -2.38. The largest absolute Gasteiger partial charge is 0.467 e. The predicted octanol–water partition coefficient (Wildman–Crippen LogP) is 2.50. The number of hydrogen-bond donors (Lipinski definition) is 0. The summed E-state index contributed by atoms with van der Waals surface area (Å²) in [4.78, 5) is 11.9. The number of ether oxygens (including phenoxy) is 2. The molecule has 21 heavy (non-hydrogen) atoms. The van der Waals surface area contributed by atoms with Gasteiger partial charge >= 0.3 is 18.2 Å². The van der Waals surface area contributed by atoms with Crippen molar-refractivity contribution < 1.29 is 22.6 Å². The molecular formula is C13H12F3N3O2. The van der Waals surface area contributed by atoms with Crippen LogP contribution in [0.3, 0.4) is 0 Å². The summed E-state index contributed by atoms with van der Waals surface area (Å²) in [7, 11) is 2.80. The van der Waals surface area contributed by atoms with Crippen LogP contribution in [0, 0.1) is 0 Å². The Morgan fingerprint density at radius 2 is 1.43 bits per heavy atom. The summed E-state index contributed by atoms with van der Waals surface area (Å²) in [5.74, 6) is 0.346. The SMILES string of the molecule is COc1nc(Cc2ccc(C(F)(F)F)cc2)nc(OC)n1. The summed E-state index contributed by atoms with van der Waals surface area (Å²) < 4.78 is 47.2. The van der Waals surface area contributed by atoms with E-state index in [-0.39, 0.29) is 18.4 Å². The first-order valence-electron chi connectivity index (χ1n) is 5.91. The molecule has 0 amide bonds. The number of rotatable bonds is 4. The van der Waals surface area contributed by atoms with Gasteiger partial charge in [-0.15, -0.1) is 4.98 Å². The van der Waals surface area contributed by atoms with Crippen LogP contribution in [-0.2, 0) is 12.6 Å². The standard InChI is InChI=1S/C13H12F3N3O2/c1-20-11-17-10(18-12(19-11)21-2)7-8-3-5-9(6-4-8)13(14,15)16/h3-6H,7H2,1-2H3. The molecule has 0 spiro atoms. The number of halogens is 3. The number of aromatic nitrogens is 3. The lowest BCUT2D eigenvalue weighted by atomic mass is 10.1. The molecule has 0 atom stereocenters. The van der Waals surface area contributed by atoms with Gasteiger partial charge in [-0.1, -0.05) is 12.1 Å². The van der Waals surface area contributed by atoms with Gasteiger partial charge < -0.3 is 9.47 Å². The van der Waals surface area contributed by atoms with Crippen LogP contribution in [0.5, 0.6) is 12.0 Å². The van der Waals surface area contributed by atoms with E-state index in [2.05, 4.69) is 15.0 Å². The van der Waals surface area contributed by atoms with E-state index in [4.69, 9.17) is 9.47 Å². The third-order valence-electron chi connectivity index (χ3n) is 2.65. The van der Waals surface area contributed by atoms with E-state index < -0.39 is 11.7 Å². The van der Waals surface area contributed by atoms with Gasteiger partial charge in [0.1, 0.15) is 5.82 Å². The maximum Gasteiger partial charge on any atom is 0.416 e. The van der Waals surface area contributed by atoms with E-state index in [1.54, 1.807) is 0 Å². The Morgan fingerprint density at radius 1 is 0.905 bits per heavy atom. The molecule has 0 aliphatic rings. The molecule has 0 N–H and O–H groups in total. The topological polar surface area (TPSA) is 57.1 Å². The van der Waals surface area contributed by atoms with E-state index in [0.717, 1.165) is 12.1 Å². The van der Waals surface area contributed by atoms with Gasteiger partial charge in [-0.2, -0.15) is 23.1 Å². The van der Waals surface area contributed by atoms with Crippen molar-refractivity contribution >= 4 is 0 Å². The van der Waals surface area contributed by atoms with E-state index in [1.165, 1.54) is 26.4 Å². The molecule has 2 aromatic rings. The van der Waals surface area contributed by atoms with Crippen LogP contribution < -0.4 is 9.47 Å². The van der Waals surface area contributed by atoms with Gasteiger partial charge in [-0.25, -0.2) is 0 Å². The van der Waals surface area contributed by atoms with E-state index in [1.807, 2.05) is 0 Å². The average molecular weight is 299 g/mol. The third-order valence-corrected chi connectivity index (χ3v) is 2.65. The summed E-state index contributed by atoms with van der Waals surface area (Å²) in [6, 6.07) is 4.97. The van der Waals surface area contributed by atoms with Crippen LogP contribution >= 0.6 is 0 Å². The Balaban J connectivity index is 2.22. The Labute approximate surface area is 118 Å². The average Bonchev–Trinajstić information content (AvgIpc) is 2.46. The lowest BCUT2D eigenvalue weighted by molar-refractivity contribution is -0.137. The molecule has 0 saturated heterocycles. The highest BCUT2D eigenvalue weighted by Gasteiger charge is 2.29. The Kier molecular flexibility index (Phi) is 4.25. The second-order valence-electron chi connectivity index (χ2n) is 4.10. The Bertz CT molecular complexity index is 593. The third kappa shape index (κ3) is 3.80. The molecule has 0 aliphatic carbocycles. The van der Waals surface area contributed by atoms with Crippen LogP contribution in [-0.4, -0.2) is 29.2 Å². The zero-order valence-corrected chi connectivity index (χ0v) is 11.3. The molecular weight excluding hydrogens is 287 g/mol. The monoisotopic (exact) mass is 299 g/mol. The fourth-order valence-corrected chi connectivity index (χ4v) is 1.63. The molecule has 0 unspecified atom stereocenters. The first-order valence-corrected chi connectivity index (χ1v) is 5.91. The van der Waals surface area contributed by atoms with E-state index >= 15 is 0 Å². The van der Waals surface area contributed by atoms with Gasteiger partial charge in [-0.05, 0) is 17.7 Å². The summed E-state index contributed by atoms with van der Waals surface area (Å²) in [6.07, 6.45) is -4.11. The van der Waals surface area contributed by atoms with Gasteiger partial charge in [0, 0.05) is 6.42 Å². The molecule has 1 heterocycles. The van der Waals surface area contributed by atoms with Crippen LogP contribution in [0.25, 0.3) is 0 Å². The van der Waals surface area contributed by atoms with Crippen molar-refractivity contribution in [3.8, 4) is 12.0 Å². The number of methoxy groups -OCH3 is 2. The molecule has 0 bridgehead atoms. The molecule has 112 valence electrons. The molecule has 5 nitrogen and oxygen atoms in total. The zero-order chi connectivity index (χ0) is 15.5.